The number of imidazole rings is 2. The highest BCUT2D eigenvalue weighted by Crippen LogP contribution is 2.19. The van der Waals surface area contributed by atoms with Gasteiger partial charge in [-0.2, -0.15) is 15.1 Å². The summed E-state index contributed by atoms with van der Waals surface area (Å²) in [7, 11) is 3.79. The van der Waals surface area contributed by atoms with Gasteiger partial charge in [-0.25, -0.2) is 0 Å². The van der Waals surface area contributed by atoms with Crippen LogP contribution in [0.2, 0.25) is 0 Å². The highest BCUT2D eigenvalue weighted by Gasteiger charge is 2.15. The third-order valence-electron chi connectivity index (χ3n) is 7.02. The van der Waals surface area contributed by atoms with E-state index in [1.165, 1.54) is 0 Å². The van der Waals surface area contributed by atoms with Crippen LogP contribution in [0.3, 0.4) is 0 Å². The number of hydrogen-bond acceptors (Lipinski definition) is 3. The van der Waals surface area contributed by atoms with Crippen molar-refractivity contribution in [1.29, 1.82) is 0 Å². The van der Waals surface area contributed by atoms with E-state index < -0.39 is 0 Å². The first-order chi connectivity index (χ1) is 19.4. The molecule has 0 fully saturated rings. The molecular formula is C29H31ClN8O2. The molecule has 0 unspecified atom stereocenters. The molecule has 206 valence electrons. The van der Waals surface area contributed by atoms with Gasteiger partial charge in [0.2, 0.25) is 17.6 Å². The summed E-state index contributed by atoms with van der Waals surface area (Å²) in [5.41, 5.74) is 7.08. The first-order valence-corrected chi connectivity index (χ1v) is 13.6. The molecule has 2 amide bonds. The van der Waals surface area contributed by atoms with Crippen LogP contribution in [0.5, 0.6) is 0 Å². The van der Waals surface area contributed by atoms with Crippen LogP contribution in [0.25, 0.3) is 22.1 Å². The molecule has 5 aromatic rings. The van der Waals surface area contributed by atoms with Gasteiger partial charge in [-0.15, -0.1) is 11.6 Å². The average molecular weight is 559 g/mol. The van der Waals surface area contributed by atoms with Gasteiger partial charge in [0.1, 0.15) is 5.69 Å². The summed E-state index contributed by atoms with van der Waals surface area (Å²) >= 11 is 6.19. The minimum atomic E-state index is -0.340. The Balaban J connectivity index is 1.54. The molecule has 0 atom stereocenters. The Labute approximate surface area is 235 Å². The van der Waals surface area contributed by atoms with Crippen molar-refractivity contribution in [2.24, 2.45) is 24.1 Å². The van der Waals surface area contributed by atoms with Crippen LogP contribution in [0.15, 0.2) is 70.7 Å². The van der Waals surface area contributed by atoms with Crippen molar-refractivity contribution in [2.75, 3.05) is 0 Å². The highest BCUT2D eigenvalue weighted by atomic mass is 35.5. The molecule has 0 radical (unpaired) electrons. The fraction of sp³-hybridized carbons (Fsp3) is 0.276. The van der Waals surface area contributed by atoms with Gasteiger partial charge < -0.3 is 18.3 Å². The van der Waals surface area contributed by atoms with Crippen LogP contribution in [-0.2, 0) is 44.4 Å². The van der Waals surface area contributed by atoms with Crippen LogP contribution in [-0.4, -0.2) is 40.4 Å². The maximum absolute atomic E-state index is 13.3. The zero-order valence-corrected chi connectivity index (χ0v) is 23.7. The molecule has 11 heteroatoms. The number of rotatable bonds is 8. The first-order valence-electron chi connectivity index (χ1n) is 13.0. The molecular weight excluding hydrogens is 528 g/mol. The summed E-state index contributed by atoms with van der Waals surface area (Å²) in [4.78, 5) is 33.2. The number of fused-ring (bicyclic) bond motifs is 2. The maximum Gasteiger partial charge on any atom is 0.298 e. The van der Waals surface area contributed by atoms with E-state index >= 15 is 0 Å². The van der Waals surface area contributed by atoms with Gasteiger partial charge in [-0.05, 0) is 43.7 Å². The Morgan fingerprint density at radius 2 is 1.62 bits per heavy atom. The van der Waals surface area contributed by atoms with Crippen molar-refractivity contribution in [3.63, 3.8) is 0 Å². The monoisotopic (exact) mass is 558 g/mol. The summed E-state index contributed by atoms with van der Waals surface area (Å²) in [6.07, 6.45) is 4.60. The van der Waals surface area contributed by atoms with Crippen molar-refractivity contribution in [3.8, 4) is 0 Å². The second-order valence-corrected chi connectivity index (χ2v) is 9.72. The largest absolute Gasteiger partial charge is 0.313 e. The van der Waals surface area contributed by atoms with Crippen LogP contribution < -0.4 is 11.2 Å². The Kier molecular flexibility index (Phi) is 7.70. The minimum absolute atomic E-state index is 0.340. The van der Waals surface area contributed by atoms with Crippen molar-refractivity contribution < 1.29 is 9.59 Å². The quantitative estimate of drug-likeness (QED) is 0.165. The van der Waals surface area contributed by atoms with Gasteiger partial charge in [-0.3, -0.25) is 14.3 Å². The Hall–Kier alpha value is -4.44. The van der Waals surface area contributed by atoms with E-state index in [-0.39, 0.29) is 5.91 Å². The molecule has 0 aliphatic heterocycles. The second-order valence-electron chi connectivity index (χ2n) is 9.46. The van der Waals surface area contributed by atoms with Gasteiger partial charge >= 0.3 is 0 Å². The summed E-state index contributed by atoms with van der Waals surface area (Å²) in [5, 5.41) is 4.39. The van der Waals surface area contributed by atoms with Crippen LogP contribution in [0.1, 0.15) is 28.7 Å². The zero-order valence-electron chi connectivity index (χ0n) is 23.0. The van der Waals surface area contributed by atoms with Crippen molar-refractivity contribution >= 4 is 46.0 Å². The first kappa shape index (κ1) is 27.1. The van der Waals surface area contributed by atoms with Gasteiger partial charge in [0.25, 0.3) is 5.91 Å². The van der Waals surface area contributed by atoms with Crippen molar-refractivity contribution in [3.05, 3.63) is 88.9 Å². The molecule has 3 heterocycles. The van der Waals surface area contributed by atoms with Crippen LogP contribution >= 0.6 is 11.6 Å². The summed E-state index contributed by atoms with van der Waals surface area (Å²) < 4.78 is 9.48. The van der Waals surface area contributed by atoms with Gasteiger partial charge in [0.15, 0.2) is 0 Å². The molecule has 2 aromatic carbocycles. The smallest absolute Gasteiger partial charge is 0.298 e. The predicted octanol–water partition coefficient (Wildman–Crippen LogP) is 3.59. The molecule has 0 bridgehead atoms. The molecule has 0 saturated carbocycles. The summed E-state index contributed by atoms with van der Waals surface area (Å²) in [6.45, 7) is 5.37. The summed E-state index contributed by atoms with van der Waals surface area (Å²) in [5.74, 6) is 0.0139. The highest BCUT2D eigenvalue weighted by molar-refractivity contribution is 6.17. The molecule has 0 spiro atoms. The predicted molar refractivity (Wildman–Crippen MR) is 155 cm³/mol. The van der Waals surface area contributed by atoms with E-state index in [2.05, 4.69) is 15.1 Å². The minimum Gasteiger partial charge on any atom is -0.313 e. The van der Waals surface area contributed by atoms with Crippen LogP contribution in [0, 0.1) is 6.92 Å². The number of aromatic nitrogens is 6. The molecule has 0 N–H and O–H groups in total. The van der Waals surface area contributed by atoms with E-state index in [1.54, 1.807) is 10.7 Å². The Morgan fingerprint density at radius 3 is 2.30 bits per heavy atom. The normalized spacial score (nSPS) is 12.9. The Bertz CT molecular complexity index is 1910. The van der Waals surface area contributed by atoms with E-state index in [1.807, 2.05) is 101 Å². The van der Waals surface area contributed by atoms with Crippen molar-refractivity contribution in [1.82, 2.24) is 28.0 Å². The standard InChI is InChI=1S/C29H31ClN8O2/c1-5-38-25(17-20(2)33-38)27(40)32-29-34(3)22-12-6-7-13-23(22)36(29)15-8-9-16-37-24-14-10-11-21(18-30)26(24)35(4)28(37)31-19-39/h6-14,17,19H,5,15-16,18H2,1-4H3/b9-8+,31-28+,32-29+. The number of carbonyl (C=O) groups is 2. The van der Waals surface area contributed by atoms with Crippen molar-refractivity contribution in [2.45, 2.75) is 39.4 Å². The lowest BCUT2D eigenvalue weighted by Crippen LogP contribution is -2.26. The summed E-state index contributed by atoms with van der Waals surface area (Å²) in [6, 6.07) is 15.6. The maximum atomic E-state index is 13.3. The number of para-hydroxylation sites is 3. The molecule has 0 saturated heterocycles. The molecule has 10 nitrogen and oxygen atoms in total. The second kappa shape index (κ2) is 11.4. The van der Waals surface area contributed by atoms with Gasteiger partial charge in [-0.1, -0.05) is 36.4 Å². The molecule has 40 heavy (non-hydrogen) atoms. The molecule has 5 rings (SSSR count). The number of allylic oxidation sites excluding steroid dienone is 2. The lowest BCUT2D eigenvalue weighted by Gasteiger charge is -2.04. The number of amides is 2. The van der Waals surface area contributed by atoms with E-state index in [0.717, 1.165) is 33.3 Å². The van der Waals surface area contributed by atoms with Crippen LogP contribution in [0.4, 0.5) is 0 Å². The van der Waals surface area contributed by atoms with E-state index in [0.29, 0.717) is 48.9 Å². The molecule has 3 aromatic heterocycles. The van der Waals surface area contributed by atoms with Gasteiger partial charge in [0, 0.05) is 39.6 Å². The number of carbonyl (C=O) groups excluding carboxylic acids is 2. The zero-order chi connectivity index (χ0) is 28.4. The molecule has 0 aliphatic rings. The third-order valence-corrected chi connectivity index (χ3v) is 7.31. The number of nitrogens with zero attached hydrogens (tertiary/aromatic N) is 8. The number of hydrogen-bond donors (Lipinski definition) is 0. The third kappa shape index (κ3) is 4.75. The number of aryl methyl sites for hydroxylation is 4. The lowest BCUT2D eigenvalue weighted by molar-refractivity contribution is -0.107. The van der Waals surface area contributed by atoms with Gasteiger partial charge in [0.05, 0.1) is 27.8 Å². The number of benzene rings is 2. The fourth-order valence-corrected chi connectivity index (χ4v) is 5.43. The number of halogens is 1. The Morgan fingerprint density at radius 1 is 0.950 bits per heavy atom. The average Bonchev–Trinajstić information content (AvgIpc) is 3.57. The molecule has 0 aliphatic carbocycles. The van der Waals surface area contributed by atoms with E-state index in [9.17, 15) is 9.59 Å². The number of alkyl halides is 1. The lowest BCUT2D eigenvalue weighted by atomic mass is 10.2. The SMILES string of the molecule is CCn1nc(C)cc1C(=O)/N=c1\n(C)c2ccccc2n1C/C=C/Cn1/c(=N/C=O)n(C)c2c(CCl)cccc21. The fourth-order valence-electron chi connectivity index (χ4n) is 5.22. The topological polar surface area (TPSA) is 96.4 Å². The van der Waals surface area contributed by atoms with E-state index in [4.69, 9.17) is 11.6 Å².